The van der Waals surface area contributed by atoms with Crippen LogP contribution in [0.3, 0.4) is 0 Å². The van der Waals surface area contributed by atoms with Gasteiger partial charge in [-0.2, -0.15) is 0 Å². The van der Waals surface area contributed by atoms with Crippen LogP contribution in [0.4, 0.5) is 11.4 Å². The maximum Gasteiger partial charge on any atom is 0.336 e. The van der Waals surface area contributed by atoms with E-state index in [0.29, 0.717) is 22.7 Å². The second-order valence-electron chi connectivity index (χ2n) is 4.49. The molecule has 22 heavy (non-hydrogen) atoms. The van der Waals surface area contributed by atoms with Crippen molar-refractivity contribution >= 4 is 42.2 Å². The summed E-state index contributed by atoms with van der Waals surface area (Å²) in [5, 5.41) is 9.10. The summed E-state index contributed by atoms with van der Waals surface area (Å²) in [4.78, 5) is 11.1. The number of hydrogen-bond acceptors (Lipinski definition) is 4. The molecule has 0 heterocycles. The van der Waals surface area contributed by atoms with Crippen LogP contribution in [0.15, 0.2) is 36.4 Å². The molecule has 0 fully saturated rings. The zero-order chi connectivity index (χ0) is 14.7. The van der Waals surface area contributed by atoms with E-state index in [1.165, 1.54) is 0 Å². The number of hydrogen-bond donors (Lipinski definition) is 3. The van der Waals surface area contributed by atoms with Gasteiger partial charge in [0.05, 0.1) is 16.9 Å². The number of nitrogen functional groups attached to an aromatic ring is 2. The number of ether oxygens (including phenoxy) is 1. The molecule has 0 bridgehead atoms. The molecule has 0 aliphatic carbocycles. The van der Waals surface area contributed by atoms with E-state index < -0.39 is 5.97 Å². The number of benzene rings is 2. The molecule has 120 valence electrons. The van der Waals surface area contributed by atoms with Crippen molar-refractivity contribution in [3.63, 3.8) is 0 Å². The largest absolute Gasteiger partial charge is 0.489 e. The van der Waals surface area contributed by atoms with Crippen molar-refractivity contribution in [1.82, 2.24) is 0 Å². The van der Waals surface area contributed by atoms with Gasteiger partial charge in [0.25, 0.3) is 0 Å². The van der Waals surface area contributed by atoms with Crippen LogP contribution in [-0.4, -0.2) is 11.1 Å². The summed E-state index contributed by atoms with van der Waals surface area (Å²) < 4.78 is 5.60. The highest BCUT2D eigenvalue weighted by Gasteiger charge is 2.10. The van der Waals surface area contributed by atoms with Crippen LogP contribution in [0.5, 0.6) is 5.75 Å². The summed E-state index contributed by atoms with van der Waals surface area (Å²) in [6.07, 6.45) is 0. The number of carboxylic acids is 1. The molecule has 5 N–H and O–H groups in total. The van der Waals surface area contributed by atoms with Crippen molar-refractivity contribution in [2.24, 2.45) is 0 Å². The van der Waals surface area contributed by atoms with E-state index in [4.69, 9.17) is 21.3 Å². The molecule has 7 heteroatoms. The normalized spacial score (nSPS) is 9.32. The lowest BCUT2D eigenvalue weighted by molar-refractivity contribution is 0.0694. The van der Waals surface area contributed by atoms with E-state index in [9.17, 15) is 4.79 Å². The molecule has 0 saturated carbocycles. The van der Waals surface area contributed by atoms with Crippen molar-refractivity contribution < 1.29 is 14.6 Å². The van der Waals surface area contributed by atoms with Crippen LogP contribution >= 0.6 is 24.8 Å². The monoisotopic (exact) mass is 344 g/mol. The third-order valence-electron chi connectivity index (χ3n) is 3.03. The summed E-state index contributed by atoms with van der Waals surface area (Å²) in [6, 6.07) is 10.1. The Morgan fingerprint density at radius 3 is 2.41 bits per heavy atom. The Kier molecular flexibility index (Phi) is 7.56. The summed E-state index contributed by atoms with van der Waals surface area (Å²) in [7, 11) is 0. The Balaban J connectivity index is 0.00000220. The molecule has 0 amide bonds. The molecule has 2 aromatic carbocycles. The Hall–Kier alpha value is -2.11. The number of halogens is 2. The lowest BCUT2D eigenvalue weighted by atomic mass is 10.1. The Morgan fingerprint density at radius 2 is 1.82 bits per heavy atom. The highest BCUT2D eigenvalue weighted by molar-refractivity contribution is 5.89. The second kappa shape index (κ2) is 8.36. The van der Waals surface area contributed by atoms with Gasteiger partial charge in [0, 0.05) is 11.6 Å². The first-order valence-corrected chi connectivity index (χ1v) is 6.08. The summed E-state index contributed by atoms with van der Waals surface area (Å²) in [5.74, 6) is -0.411. The molecule has 2 aromatic rings. The van der Waals surface area contributed by atoms with Crippen LogP contribution in [0.1, 0.15) is 21.5 Å². The van der Waals surface area contributed by atoms with Crippen LogP contribution < -0.4 is 16.2 Å². The third-order valence-corrected chi connectivity index (χ3v) is 3.03. The maximum absolute atomic E-state index is 11.1. The lowest BCUT2D eigenvalue weighted by Crippen LogP contribution is -2.06. The SMILES string of the molecule is Cc1cc(OCc2ccccc2C(=O)O)cc(N)c1N.Cl.Cl. The lowest BCUT2D eigenvalue weighted by Gasteiger charge is -2.11. The fourth-order valence-electron chi connectivity index (χ4n) is 1.89. The second-order valence-corrected chi connectivity index (χ2v) is 4.49. The quantitative estimate of drug-likeness (QED) is 0.739. The van der Waals surface area contributed by atoms with Crippen molar-refractivity contribution in [3.05, 3.63) is 53.1 Å². The Bertz CT molecular complexity index is 640. The van der Waals surface area contributed by atoms with E-state index in [-0.39, 0.29) is 37.0 Å². The van der Waals surface area contributed by atoms with Crippen LogP contribution in [0, 0.1) is 6.92 Å². The molecule has 2 rings (SSSR count). The molecule has 0 unspecified atom stereocenters. The topological polar surface area (TPSA) is 98.6 Å². The minimum absolute atomic E-state index is 0. The first kappa shape index (κ1) is 19.9. The highest BCUT2D eigenvalue weighted by Crippen LogP contribution is 2.26. The predicted octanol–water partition coefficient (Wildman–Crippen LogP) is 3.28. The number of anilines is 2. The summed E-state index contributed by atoms with van der Waals surface area (Å²) >= 11 is 0. The number of rotatable bonds is 4. The first-order valence-electron chi connectivity index (χ1n) is 6.08. The molecule has 0 radical (unpaired) electrons. The number of aromatic carboxylic acids is 1. The smallest absolute Gasteiger partial charge is 0.336 e. The summed E-state index contributed by atoms with van der Waals surface area (Å²) in [6.45, 7) is 2.00. The van der Waals surface area contributed by atoms with Gasteiger partial charge in [-0.25, -0.2) is 4.79 Å². The van der Waals surface area contributed by atoms with E-state index in [1.54, 1.807) is 36.4 Å². The van der Waals surface area contributed by atoms with E-state index in [1.807, 2.05) is 6.92 Å². The molecule has 0 aliphatic rings. The van der Waals surface area contributed by atoms with Crippen LogP contribution in [0.2, 0.25) is 0 Å². The number of carboxylic acid groups (broad SMARTS) is 1. The zero-order valence-electron chi connectivity index (χ0n) is 11.9. The molecular formula is C15H18Cl2N2O3. The van der Waals surface area contributed by atoms with Crippen molar-refractivity contribution in [2.45, 2.75) is 13.5 Å². The third kappa shape index (κ3) is 4.44. The van der Waals surface area contributed by atoms with E-state index in [0.717, 1.165) is 5.56 Å². The van der Waals surface area contributed by atoms with Gasteiger partial charge in [0.2, 0.25) is 0 Å². The fraction of sp³-hybridized carbons (Fsp3) is 0.133. The minimum Gasteiger partial charge on any atom is -0.489 e. The Morgan fingerprint density at radius 1 is 1.18 bits per heavy atom. The average molecular weight is 345 g/mol. The standard InChI is InChI=1S/C15H16N2O3.2ClH/c1-9-6-11(7-13(16)14(9)17)20-8-10-4-2-3-5-12(10)15(18)19;;/h2-7H,8,16-17H2,1H3,(H,18,19);2*1H. The molecule has 0 saturated heterocycles. The van der Waals surface area contributed by atoms with E-state index >= 15 is 0 Å². The van der Waals surface area contributed by atoms with Gasteiger partial charge in [-0.3, -0.25) is 0 Å². The van der Waals surface area contributed by atoms with Crippen LogP contribution in [-0.2, 0) is 6.61 Å². The molecule has 0 atom stereocenters. The first-order chi connectivity index (χ1) is 9.49. The van der Waals surface area contributed by atoms with Crippen LogP contribution in [0.25, 0.3) is 0 Å². The number of carbonyl (C=O) groups is 1. The van der Waals surface area contributed by atoms with Gasteiger partial charge in [-0.1, -0.05) is 18.2 Å². The van der Waals surface area contributed by atoms with E-state index in [2.05, 4.69) is 0 Å². The number of aryl methyl sites for hydroxylation is 1. The maximum atomic E-state index is 11.1. The summed E-state index contributed by atoms with van der Waals surface area (Å²) in [5.41, 5.74) is 14.2. The van der Waals surface area contributed by atoms with Gasteiger partial charge >= 0.3 is 5.97 Å². The zero-order valence-corrected chi connectivity index (χ0v) is 13.5. The van der Waals surface area contributed by atoms with Gasteiger partial charge in [0.15, 0.2) is 0 Å². The van der Waals surface area contributed by atoms with Crippen molar-refractivity contribution in [2.75, 3.05) is 11.5 Å². The molecule has 0 aromatic heterocycles. The van der Waals surface area contributed by atoms with Crippen molar-refractivity contribution in [3.8, 4) is 5.75 Å². The Labute approximate surface area is 141 Å². The van der Waals surface area contributed by atoms with Gasteiger partial charge in [-0.05, 0) is 24.6 Å². The molecule has 5 nitrogen and oxygen atoms in total. The molecule has 0 aliphatic heterocycles. The fourth-order valence-corrected chi connectivity index (χ4v) is 1.89. The molecular weight excluding hydrogens is 327 g/mol. The number of nitrogens with two attached hydrogens (primary N) is 2. The molecule has 0 spiro atoms. The highest BCUT2D eigenvalue weighted by atomic mass is 35.5. The van der Waals surface area contributed by atoms with Gasteiger partial charge < -0.3 is 21.3 Å². The van der Waals surface area contributed by atoms with Gasteiger partial charge in [-0.15, -0.1) is 24.8 Å². The van der Waals surface area contributed by atoms with Crippen molar-refractivity contribution in [1.29, 1.82) is 0 Å². The average Bonchev–Trinajstić information content (AvgIpc) is 2.42. The predicted molar refractivity (Wildman–Crippen MR) is 92.2 cm³/mol. The van der Waals surface area contributed by atoms with Gasteiger partial charge in [0.1, 0.15) is 12.4 Å². The minimum atomic E-state index is -0.975.